The second-order valence-electron chi connectivity index (χ2n) is 8.01. The summed E-state index contributed by atoms with van der Waals surface area (Å²) < 4.78 is 5.51. The molecule has 1 aliphatic rings. The number of carbonyl (C=O) groups excluding carboxylic acids is 1. The molecule has 3 heterocycles. The molecule has 0 spiro atoms. The second-order valence-corrected chi connectivity index (χ2v) is 9.07. The van der Waals surface area contributed by atoms with Gasteiger partial charge in [0.15, 0.2) is 0 Å². The first-order chi connectivity index (χ1) is 14.4. The number of fused-ring (bicyclic) bond motifs is 1. The van der Waals surface area contributed by atoms with Gasteiger partial charge < -0.3 is 9.32 Å². The van der Waals surface area contributed by atoms with Crippen molar-refractivity contribution in [3.05, 3.63) is 61.4 Å². The number of aromatic nitrogens is 1. The molecule has 0 saturated carbocycles. The Morgan fingerprint density at radius 1 is 1.17 bits per heavy atom. The van der Waals surface area contributed by atoms with Crippen molar-refractivity contribution >= 4 is 28.2 Å². The van der Waals surface area contributed by atoms with E-state index in [0.29, 0.717) is 37.1 Å². The lowest BCUT2D eigenvalue weighted by atomic mass is 10.0. The number of benzene rings is 1. The summed E-state index contributed by atoms with van der Waals surface area (Å²) in [4.78, 5) is 34.0. The van der Waals surface area contributed by atoms with Gasteiger partial charge in [-0.1, -0.05) is 12.1 Å². The van der Waals surface area contributed by atoms with Crippen LogP contribution in [-0.4, -0.2) is 46.9 Å². The third kappa shape index (κ3) is 4.47. The van der Waals surface area contributed by atoms with Gasteiger partial charge in [0, 0.05) is 55.5 Å². The molecule has 0 atom stereocenters. The predicted molar refractivity (Wildman–Crippen MR) is 119 cm³/mol. The topological polar surface area (TPSA) is 66.7 Å². The maximum Gasteiger partial charge on any atom is 0.339 e. The van der Waals surface area contributed by atoms with Crippen LogP contribution in [0.4, 0.5) is 0 Å². The number of nitrogens with zero attached hydrogens (tertiary/aromatic N) is 3. The summed E-state index contributed by atoms with van der Waals surface area (Å²) >= 11 is 1.67. The molecule has 2 aromatic heterocycles. The van der Waals surface area contributed by atoms with E-state index in [4.69, 9.17) is 4.42 Å². The lowest BCUT2D eigenvalue weighted by Crippen LogP contribution is -2.48. The van der Waals surface area contributed by atoms with E-state index in [1.54, 1.807) is 11.3 Å². The third-order valence-electron chi connectivity index (χ3n) is 5.81. The summed E-state index contributed by atoms with van der Waals surface area (Å²) in [6.45, 7) is 9.88. The number of amides is 1. The van der Waals surface area contributed by atoms with Gasteiger partial charge in [0.05, 0.1) is 10.7 Å². The minimum atomic E-state index is -0.332. The maximum atomic E-state index is 12.7. The first kappa shape index (κ1) is 20.8. The van der Waals surface area contributed by atoms with Crippen LogP contribution in [0.15, 0.2) is 32.8 Å². The smallest absolute Gasteiger partial charge is 0.339 e. The standard InChI is InChI=1S/C23H27N3O3S/c1-15-4-5-19-16(2)20(23(28)29-21(19)12-15)6-7-22(27)26-10-8-25(9-11-26)13-18-14-30-17(3)24-18/h4-5,12,14H,6-11,13H2,1-3H3. The molecule has 1 amide bonds. The van der Waals surface area contributed by atoms with Gasteiger partial charge >= 0.3 is 5.63 Å². The van der Waals surface area contributed by atoms with Crippen LogP contribution >= 0.6 is 11.3 Å². The van der Waals surface area contributed by atoms with Crippen molar-refractivity contribution in [2.45, 2.75) is 40.2 Å². The predicted octanol–water partition coefficient (Wildman–Crippen LogP) is 3.45. The minimum Gasteiger partial charge on any atom is -0.423 e. The van der Waals surface area contributed by atoms with Crippen molar-refractivity contribution in [3.8, 4) is 0 Å². The van der Waals surface area contributed by atoms with Gasteiger partial charge in [-0.05, 0) is 44.4 Å². The molecule has 4 rings (SSSR count). The highest BCUT2D eigenvalue weighted by Crippen LogP contribution is 2.21. The normalized spacial score (nSPS) is 15.1. The van der Waals surface area contributed by atoms with E-state index in [0.717, 1.165) is 46.8 Å². The van der Waals surface area contributed by atoms with Crippen molar-refractivity contribution < 1.29 is 9.21 Å². The molecule has 6 nitrogen and oxygen atoms in total. The summed E-state index contributed by atoms with van der Waals surface area (Å²) in [7, 11) is 0. The molecule has 1 aliphatic heterocycles. The number of hydrogen-bond donors (Lipinski definition) is 0. The average molecular weight is 426 g/mol. The summed E-state index contributed by atoms with van der Waals surface area (Å²) in [5, 5.41) is 4.13. The van der Waals surface area contributed by atoms with Crippen LogP contribution in [-0.2, 0) is 17.8 Å². The largest absolute Gasteiger partial charge is 0.423 e. The SMILES string of the molecule is Cc1ccc2c(C)c(CCC(=O)N3CCN(Cc4csc(C)n4)CC3)c(=O)oc2c1. The van der Waals surface area contributed by atoms with Gasteiger partial charge in [0.1, 0.15) is 5.58 Å². The van der Waals surface area contributed by atoms with Crippen LogP contribution in [0.2, 0.25) is 0 Å². The second kappa shape index (κ2) is 8.70. The minimum absolute atomic E-state index is 0.0990. The Balaban J connectivity index is 1.35. The molecule has 30 heavy (non-hydrogen) atoms. The Labute approximate surface area is 180 Å². The van der Waals surface area contributed by atoms with E-state index >= 15 is 0 Å². The summed E-state index contributed by atoms with van der Waals surface area (Å²) in [5.41, 5.74) is 3.96. The van der Waals surface area contributed by atoms with Crippen molar-refractivity contribution in [1.29, 1.82) is 0 Å². The fourth-order valence-corrected chi connectivity index (χ4v) is 4.65. The number of piperazine rings is 1. The summed E-state index contributed by atoms with van der Waals surface area (Å²) in [5.74, 6) is 0.0990. The first-order valence-electron chi connectivity index (χ1n) is 10.3. The van der Waals surface area contributed by atoms with E-state index in [-0.39, 0.29) is 11.5 Å². The Morgan fingerprint density at radius 2 is 1.93 bits per heavy atom. The molecule has 1 saturated heterocycles. The molecule has 0 bridgehead atoms. The molecule has 3 aromatic rings. The van der Waals surface area contributed by atoms with Crippen LogP contribution in [0.25, 0.3) is 11.0 Å². The molecule has 0 N–H and O–H groups in total. The van der Waals surface area contributed by atoms with Gasteiger partial charge in [0.2, 0.25) is 5.91 Å². The molecule has 0 aliphatic carbocycles. The zero-order valence-electron chi connectivity index (χ0n) is 17.7. The highest BCUT2D eigenvalue weighted by atomic mass is 32.1. The number of aryl methyl sites for hydroxylation is 3. The number of rotatable bonds is 5. The van der Waals surface area contributed by atoms with Crippen LogP contribution in [0, 0.1) is 20.8 Å². The Morgan fingerprint density at radius 3 is 2.63 bits per heavy atom. The average Bonchev–Trinajstić information content (AvgIpc) is 3.12. The number of thiazole rings is 1. The van der Waals surface area contributed by atoms with Gasteiger partial charge in [-0.25, -0.2) is 9.78 Å². The Kier molecular flexibility index (Phi) is 6.01. The fraction of sp³-hybridized carbons (Fsp3) is 0.435. The van der Waals surface area contributed by atoms with Crippen LogP contribution in [0.5, 0.6) is 0 Å². The molecule has 1 aromatic carbocycles. The van der Waals surface area contributed by atoms with Gasteiger partial charge in [-0.3, -0.25) is 9.69 Å². The quantitative estimate of drug-likeness (QED) is 0.586. The van der Waals surface area contributed by atoms with E-state index in [1.807, 2.05) is 43.9 Å². The van der Waals surface area contributed by atoms with E-state index in [2.05, 4.69) is 15.3 Å². The van der Waals surface area contributed by atoms with Gasteiger partial charge in [0.25, 0.3) is 0 Å². The highest BCUT2D eigenvalue weighted by Gasteiger charge is 2.22. The number of carbonyl (C=O) groups is 1. The third-order valence-corrected chi connectivity index (χ3v) is 6.63. The fourth-order valence-electron chi connectivity index (χ4n) is 4.05. The molecule has 158 valence electrons. The number of hydrogen-bond acceptors (Lipinski definition) is 6. The molecule has 0 unspecified atom stereocenters. The van der Waals surface area contributed by atoms with Gasteiger partial charge in [-0.15, -0.1) is 11.3 Å². The molecule has 0 radical (unpaired) electrons. The van der Waals surface area contributed by atoms with Crippen LogP contribution in [0.1, 0.15) is 33.8 Å². The van der Waals surface area contributed by atoms with Crippen molar-refractivity contribution in [1.82, 2.24) is 14.8 Å². The summed E-state index contributed by atoms with van der Waals surface area (Å²) in [6.07, 6.45) is 0.739. The zero-order valence-corrected chi connectivity index (χ0v) is 18.6. The lowest BCUT2D eigenvalue weighted by Gasteiger charge is -2.34. The molecule has 1 fully saturated rings. The Hall–Kier alpha value is -2.51. The first-order valence-corrected chi connectivity index (χ1v) is 11.2. The lowest BCUT2D eigenvalue weighted by molar-refractivity contribution is -0.133. The van der Waals surface area contributed by atoms with E-state index < -0.39 is 0 Å². The van der Waals surface area contributed by atoms with Gasteiger partial charge in [-0.2, -0.15) is 0 Å². The molecular formula is C23H27N3O3S. The van der Waals surface area contributed by atoms with E-state index in [9.17, 15) is 9.59 Å². The molecule has 7 heteroatoms. The van der Waals surface area contributed by atoms with Crippen LogP contribution in [0.3, 0.4) is 0 Å². The Bertz CT molecular complexity index is 1130. The van der Waals surface area contributed by atoms with Crippen molar-refractivity contribution in [3.63, 3.8) is 0 Å². The monoisotopic (exact) mass is 425 g/mol. The van der Waals surface area contributed by atoms with E-state index in [1.165, 1.54) is 0 Å². The van der Waals surface area contributed by atoms with Crippen molar-refractivity contribution in [2.75, 3.05) is 26.2 Å². The molecular weight excluding hydrogens is 398 g/mol. The maximum absolute atomic E-state index is 12.7. The summed E-state index contributed by atoms with van der Waals surface area (Å²) in [6, 6.07) is 5.87. The zero-order chi connectivity index (χ0) is 21.3. The van der Waals surface area contributed by atoms with Crippen molar-refractivity contribution in [2.24, 2.45) is 0 Å². The van der Waals surface area contributed by atoms with Crippen LogP contribution < -0.4 is 5.63 Å². The highest BCUT2D eigenvalue weighted by molar-refractivity contribution is 7.09.